The van der Waals surface area contributed by atoms with Gasteiger partial charge >= 0.3 is 6.03 Å². The molecule has 0 spiro atoms. The SMILES string of the molecule is CCc1noc(C)c1NC(=O)N1CCN(C(C)c2ccsc2)CC1. The molecule has 0 radical (unpaired) electrons. The van der Waals surface area contributed by atoms with Crippen LogP contribution in [-0.4, -0.2) is 47.2 Å². The van der Waals surface area contributed by atoms with E-state index in [-0.39, 0.29) is 6.03 Å². The Balaban J connectivity index is 1.56. The number of aryl methyl sites for hydroxylation is 2. The van der Waals surface area contributed by atoms with E-state index in [0.717, 1.165) is 44.0 Å². The highest BCUT2D eigenvalue weighted by Gasteiger charge is 2.26. The third-order valence-electron chi connectivity index (χ3n) is 4.68. The first-order chi connectivity index (χ1) is 11.6. The van der Waals surface area contributed by atoms with Crippen LogP contribution in [0.25, 0.3) is 0 Å². The Hall–Kier alpha value is -1.86. The smallest absolute Gasteiger partial charge is 0.322 e. The summed E-state index contributed by atoms with van der Waals surface area (Å²) in [5, 5.41) is 11.3. The third-order valence-corrected chi connectivity index (χ3v) is 5.38. The van der Waals surface area contributed by atoms with Crippen LogP contribution in [0.4, 0.5) is 10.5 Å². The number of thiophene rings is 1. The summed E-state index contributed by atoms with van der Waals surface area (Å²) < 4.78 is 5.17. The van der Waals surface area contributed by atoms with E-state index in [0.29, 0.717) is 11.8 Å². The molecule has 7 heteroatoms. The van der Waals surface area contributed by atoms with E-state index in [1.165, 1.54) is 5.56 Å². The largest absolute Gasteiger partial charge is 0.359 e. The van der Waals surface area contributed by atoms with E-state index >= 15 is 0 Å². The molecule has 2 amide bonds. The number of carbonyl (C=O) groups is 1. The lowest BCUT2D eigenvalue weighted by Gasteiger charge is -2.37. The van der Waals surface area contributed by atoms with E-state index in [4.69, 9.17) is 4.52 Å². The number of anilines is 1. The minimum Gasteiger partial charge on any atom is -0.359 e. The Morgan fingerprint density at radius 1 is 1.42 bits per heavy atom. The molecule has 1 saturated heterocycles. The van der Waals surface area contributed by atoms with Crippen LogP contribution in [0.15, 0.2) is 21.3 Å². The molecular formula is C17H24N4O2S. The molecule has 0 saturated carbocycles. The van der Waals surface area contributed by atoms with Gasteiger partial charge in [0.15, 0.2) is 5.76 Å². The monoisotopic (exact) mass is 348 g/mol. The second kappa shape index (κ2) is 7.36. The van der Waals surface area contributed by atoms with Gasteiger partial charge in [-0.25, -0.2) is 4.79 Å². The van der Waals surface area contributed by atoms with E-state index in [1.807, 2.05) is 18.7 Å². The van der Waals surface area contributed by atoms with Crippen molar-refractivity contribution >= 4 is 23.1 Å². The maximum atomic E-state index is 12.5. The Labute approximate surface area is 146 Å². The number of hydrogen-bond acceptors (Lipinski definition) is 5. The first kappa shape index (κ1) is 17.0. The molecule has 24 heavy (non-hydrogen) atoms. The van der Waals surface area contributed by atoms with Crippen molar-refractivity contribution in [3.05, 3.63) is 33.8 Å². The van der Waals surface area contributed by atoms with E-state index < -0.39 is 0 Å². The number of urea groups is 1. The molecule has 130 valence electrons. The lowest BCUT2D eigenvalue weighted by molar-refractivity contribution is 0.119. The van der Waals surface area contributed by atoms with Crippen LogP contribution >= 0.6 is 11.3 Å². The van der Waals surface area contributed by atoms with Gasteiger partial charge in [0.25, 0.3) is 0 Å². The zero-order chi connectivity index (χ0) is 17.1. The Morgan fingerprint density at radius 3 is 2.79 bits per heavy atom. The number of aromatic nitrogens is 1. The zero-order valence-electron chi connectivity index (χ0n) is 14.4. The Kier molecular flexibility index (Phi) is 5.20. The lowest BCUT2D eigenvalue weighted by Crippen LogP contribution is -2.50. The summed E-state index contributed by atoms with van der Waals surface area (Å²) in [5.41, 5.74) is 2.87. The van der Waals surface area contributed by atoms with Gasteiger partial charge in [-0.05, 0) is 42.7 Å². The number of hydrogen-bond donors (Lipinski definition) is 1. The third kappa shape index (κ3) is 3.47. The van der Waals surface area contributed by atoms with Crippen molar-refractivity contribution in [2.45, 2.75) is 33.2 Å². The standard InChI is InChI=1S/C17H24N4O2S/c1-4-15-16(13(3)23-19-15)18-17(22)21-8-6-20(7-9-21)12(2)14-5-10-24-11-14/h5,10-12H,4,6-9H2,1-3H3,(H,18,22). The van der Waals surface area contributed by atoms with Crippen LogP contribution < -0.4 is 5.32 Å². The molecule has 2 aromatic rings. The molecular weight excluding hydrogens is 324 g/mol. The van der Waals surface area contributed by atoms with E-state index in [2.05, 4.69) is 39.1 Å². The number of nitrogens with one attached hydrogen (secondary N) is 1. The zero-order valence-corrected chi connectivity index (χ0v) is 15.2. The Morgan fingerprint density at radius 2 is 2.17 bits per heavy atom. The fourth-order valence-electron chi connectivity index (χ4n) is 3.04. The molecule has 6 nitrogen and oxygen atoms in total. The summed E-state index contributed by atoms with van der Waals surface area (Å²) in [6.45, 7) is 9.27. The van der Waals surface area contributed by atoms with Gasteiger partial charge in [0, 0.05) is 32.2 Å². The molecule has 1 fully saturated rings. The van der Waals surface area contributed by atoms with E-state index in [1.54, 1.807) is 11.3 Å². The molecule has 3 heterocycles. The van der Waals surface area contributed by atoms with Crippen molar-refractivity contribution in [2.75, 3.05) is 31.5 Å². The Bertz CT molecular complexity index is 675. The predicted molar refractivity (Wildman–Crippen MR) is 95.5 cm³/mol. The highest BCUT2D eigenvalue weighted by atomic mass is 32.1. The van der Waals surface area contributed by atoms with Crippen molar-refractivity contribution < 1.29 is 9.32 Å². The minimum absolute atomic E-state index is 0.0705. The van der Waals surface area contributed by atoms with Gasteiger partial charge in [0.2, 0.25) is 0 Å². The molecule has 1 unspecified atom stereocenters. The van der Waals surface area contributed by atoms with E-state index in [9.17, 15) is 4.79 Å². The van der Waals surface area contributed by atoms with Crippen LogP contribution in [0.2, 0.25) is 0 Å². The minimum atomic E-state index is -0.0705. The normalized spacial score (nSPS) is 17.0. The van der Waals surface area contributed by atoms with Crippen LogP contribution in [0.5, 0.6) is 0 Å². The van der Waals surface area contributed by atoms with Crippen molar-refractivity contribution in [1.82, 2.24) is 15.0 Å². The molecule has 2 aromatic heterocycles. The van der Waals surface area contributed by atoms with Gasteiger partial charge in [-0.2, -0.15) is 11.3 Å². The molecule has 0 aromatic carbocycles. The summed E-state index contributed by atoms with van der Waals surface area (Å²) in [5.74, 6) is 0.657. The topological polar surface area (TPSA) is 61.6 Å². The molecule has 1 N–H and O–H groups in total. The molecule has 3 rings (SSSR count). The number of carbonyl (C=O) groups excluding carboxylic acids is 1. The maximum absolute atomic E-state index is 12.5. The summed E-state index contributed by atoms with van der Waals surface area (Å²) in [6, 6.07) is 2.50. The maximum Gasteiger partial charge on any atom is 0.322 e. The van der Waals surface area contributed by atoms with Gasteiger partial charge in [0.1, 0.15) is 11.4 Å². The summed E-state index contributed by atoms with van der Waals surface area (Å²) >= 11 is 1.73. The van der Waals surface area contributed by atoms with Gasteiger partial charge in [0.05, 0.1) is 0 Å². The van der Waals surface area contributed by atoms with Crippen molar-refractivity contribution in [2.24, 2.45) is 0 Å². The second-order valence-corrected chi connectivity index (χ2v) is 6.88. The van der Waals surface area contributed by atoms with Crippen molar-refractivity contribution in [1.29, 1.82) is 0 Å². The highest BCUT2D eigenvalue weighted by Crippen LogP contribution is 2.24. The van der Waals surface area contributed by atoms with Crippen molar-refractivity contribution in [3.63, 3.8) is 0 Å². The highest BCUT2D eigenvalue weighted by molar-refractivity contribution is 7.07. The van der Waals surface area contributed by atoms with Gasteiger partial charge in [-0.1, -0.05) is 12.1 Å². The fourth-order valence-corrected chi connectivity index (χ4v) is 3.79. The number of amides is 2. The molecule has 1 aliphatic heterocycles. The summed E-state index contributed by atoms with van der Waals surface area (Å²) in [6.07, 6.45) is 0.735. The molecule has 1 atom stereocenters. The number of rotatable bonds is 4. The molecule has 0 bridgehead atoms. The van der Waals surface area contributed by atoms with Crippen LogP contribution in [-0.2, 0) is 6.42 Å². The van der Waals surface area contributed by atoms with Gasteiger partial charge < -0.3 is 14.7 Å². The number of nitrogens with zero attached hydrogens (tertiary/aromatic N) is 3. The summed E-state index contributed by atoms with van der Waals surface area (Å²) in [7, 11) is 0. The molecule has 1 aliphatic rings. The van der Waals surface area contributed by atoms with Crippen LogP contribution in [0.3, 0.4) is 0 Å². The van der Waals surface area contributed by atoms with Gasteiger partial charge in [-0.15, -0.1) is 0 Å². The van der Waals surface area contributed by atoms with Gasteiger partial charge in [-0.3, -0.25) is 4.90 Å². The lowest BCUT2D eigenvalue weighted by atomic mass is 10.1. The average molecular weight is 348 g/mol. The summed E-state index contributed by atoms with van der Waals surface area (Å²) in [4.78, 5) is 16.8. The predicted octanol–water partition coefficient (Wildman–Crippen LogP) is 3.52. The fraction of sp³-hybridized carbons (Fsp3) is 0.529. The number of piperazine rings is 1. The quantitative estimate of drug-likeness (QED) is 0.918. The molecule has 0 aliphatic carbocycles. The van der Waals surface area contributed by atoms with Crippen molar-refractivity contribution in [3.8, 4) is 0 Å². The first-order valence-corrected chi connectivity index (χ1v) is 9.31. The van der Waals surface area contributed by atoms with Crippen LogP contribution in [0, 0.1) is 6.92 Å². The van der Waals surface area contributed by atoms with Crippen LogP contribution in [0.1, 0.15) is 36.9 Å². The second-order valence-electron chi connectivity index (χ2n) is 6.10. The first-order valence-electron chi connectivity index (χ1n) is 8.37. The average Bonchev–Trinajstić information content (AvgIpc) is 3.25.